The average Bonchev–Trinajstić information content (AvgIpc) is 2.61. The maximum atomic E-state index is 12.2. The van der Waals surface area contributed by atoms with E-state index < -0.39 is 14.3 Å². The number of esters is 1. The minimum Gasteiger partial charge on any atom is -0.459 e. The molecular formula is C23H36O5Si. The largest absolute Gasteiger partial charge is 0.459 e. The molecule has 162 valence electrons. The van der Waals surface area contributed by atoms with E-state index in [0.717, 1.165) is 24.8 Å². The predicted octanol–water partition coefficient (Wildman–Crippen LogP) is 5.04. The fourth-order valence-electron chi connectivity index (χ4n) is 3.25. The number of hydrogen-bond donors (Lipinski definition) is 0. The van der Waals surface area contributed by atoms with Gasteiger partial charge < -0.3 is 13.9 Å². The number of ketones is 1. The Kier molecular flexibility index (Phi) is 8.20. The van der Waals surface area contributed by atoms with Crippen LogP contribution in [0.25, 0.3) is 0 Å². The van der Waals surface area contributed by atoms with Gasteiger partial charge in [-0.3, -0.25) is 9.59 Å². The van der Waals surface area contributed by atoms with Crippen LogP contribution in [0.15, 0.2) is 30.3 Å². The second-order valence-corrected chi connectivity index (χ2v) is 14.3. The molecule has 29 heavy (non-hydrogen) atoms. The van der Waals surface area contributed by atoms with Gasteiger partial charge in [-0.1, -0.05) is 51.1 Å². The lowest BCUT2D eigenvalue weighted by atomic mass is 9.91. The lowest BCUT2D eigenvalue weighted by Crippen LogP contribution is -2.54. The number of carbonyl (C=O) groups excluding carboxylic acids is 2. The van der Waals surface area contributed by atoms with Crippen molar-refractivity contribution in [3.63, 3.8) is 0 Å². The van der Waals surface area contributed by atoms with E-state index in [1.54, 1.807) is 0 Å². The topological polar surface area (TPSA) is 61.8 Å². The van der Waals surface area contributed by atoms with Gasteiger partial charge in [0.25, 0.3) is 0 Å². The van der Waals surface area contributed by atoms with Crippen LogP contribution in [0, 0.1) is 0 Å². The zero-order chi connectivity index (χ0) is 21.7. The van der Waals surface area contributed by atoms with Crippen LogP contribution in [0.5, 0.6) is 0 Å². The first-order valence-corrected chi connectivity index (χ1v) is 13.4. The van der Waals surface area contributed by atoms with E-state index in [4.69, 9.17) is 13.9 Å². The smallest absolute Gasteiger partial charge is 0.313 e. The molecule has 5 nitrogen and oxygen atoms in total. The molecule has 3 atom stereocenters. The van der Waals surface area contributed by atoms with E-state index in [2.05, 4.69) is 33.9 Å². The summed E-state index contributed by atoms with van der Waals surface area (Å²) in [5.74, 6) is -0.667. The van der Waals surface area contributed by atoms with Crippen molar-refractivity contribution in [3.05, 3.63) is 35.9 Å². The van der Waals surface area contributed by atoms with Crippen molar-refractivity contribution in [1.82, 2.24) is 0 Å². The average molecular weight is 421 g/mol. The highest BCUT2D eigenvalue weighted by Gasteiger charge is 2.45. The fraction of sp³-hybridized carbons (Fsp3) is 0.652. The lowest BCUT2D eigenvalue weighted by Gasteiger charge is -2.45. The number of Topliss-reactive ketones (excluding diaryl/α,β-unsaturated/α-hetero) is 1. The van der Waals surface area contributed by atoms with Crippen LogP contribution in [-0.2, 0) is 30.1 Å². The van der Waals surface area contributed by atoms with Gasteiger partial charge in [-0.25, -0.2) is 0 Å². The summed E-state index contributed by atoms with van der Waals surface area (Å²) in [6, 6.07) is 10.1. The van der Waals surface area contributed by atoms with E-state index in [-0.39, 0.29) is 35.6 Å². The van der Waals surface area contributed by atoms with Crippen molar-refractivity contribution in [2.75, 3.05) is 0 Å². The van der Waals surface area contributed by atoms with Crippen LogP contribution < -0.4 is 0 Å². The van der Waals surface area contributed by atoms with Gasteiger partial charge in [0, 0.05) is 0 Å². The summed E-state index contributed by atoms with van der Waals surface area (Å²) in [6.07, 6.45) is 1.46. The molecule has 0 bridgehead atoms. The standard InChI is InChI=1S/C23H36O5Si/c1-17(24)15-21(25)27-20-14-10-13-19(26-16-18-11-8-7-9-12-18)22(20)28-29(5,6)23(2,3)4/h7-9,11-12,19-20,22H,10,13-16H2,1-6H3/t19-,20-,22-/m1/s1. The second kappa shape index (κ2) is 10.0. The molecule has 1 aliphatic rings. The fourth-order valence-corrected chi connectivity index (χ4v) is 4.59. The van der Waals surface area contributed by atoms with Crippen LogP contribution in [0.4, 0.5) is 0 Å². The Morgan fingerprint density at radius 3 is 2.28 bits per heavy atom. The normalized spacial score (nSPS) is 22.9. The number of hydrogen-bond acceptors (Lipinski definition) is 5. The third kappa shape index (κ3) is 7.05. The second-order valence-electron chi connectivity index (χ2n) is 9.52. The molecule has 6 heteroatoms. The molecule has 0 heterocycles. The summed E-state index contributed by atoms with van der Waals surface area (Å²) in [6.45, 7) is 12.9. The molecule has 1 saturated carbocycles. The Labute approximate surface area is 176 Å². The molecule has 0 amide bonds. The molecule has 1 aromatic rings. The molecule has 0 aromatic heterocycles. The summed E-state index contributed by atoms with van der Waals surface area (Å²) >= 11 is 0. The molecule has 0 aliphatic heterocycles. The summed E-state index contributed by atoms with van der Waals surface area (Å²) < 4.78 is 18.7. The molecule has 1 aromatic carbocycles. The minimum atomic E-state index is -2.11. The highest BCUT2D eigenvalue weighted by molar-refractivity contribution is 6.74. The van der Waals surface area contributed by atoms with Crippen molar-refractivity contribution >= 4 is 20.1 Å². The van der Waals surface area contributed by atoms with Gasteiger partial charge in [0.2, 0.25) is 0 Å². The first kappa shape index (κ1) is 23.8. The molecule has 0 N–H and O–H groups in total. The van der Waals surface area contributed by atoms with Gasteiger partial charge in [-0.05, 0) is 49.9 Å². The van der Waals surface area contributed by atoms with Gasteiger partial charge >= 0.3 is 5.97 Å². The number of ether oxygens (including phenoxy) is 2. The SMILES string of the molecule is CC(=O)CC(=O)O[C@@H]1CCC[C@@H](OCc2ccccc2)[C@H]1O[Si](C)(C)C(C)(C)C. The Bertz CT molecular complexity index is 680. The number of carbonyl (C=O) groups is 2. The Hall–Kier alpha value is -1.50. The molecule has 1 aliphatic carbocycles. The molecule has 0 saturated heterocycles. The van der Waals surface area contributed by atoms with Crippen molar-refractivity contribution in [2.24, 2.45) is 0 Å². The first-order chi connectivity index (χ1) is 13.5. The van der Waals surface area contributed by atoms with Crippen molar-refractivity contribution in [3.8, 4) is 0 Å². The molecule has 0 spiro atoms. The molecule has 0 radical (unpaired) electrons. The third-order valence-electron chi connectivity index (χ3n) is 5.93. The van der Waals surface area contributed by atoms with Gasteiger partial charge in [-0.2, -0.15) is 0 Å². The third-order valence-corrected chi connectivity index (χ3v) is 10.4. The maximum Gasteiger partial charge on any atom is 0.313 e. The van der Waals surface area contributed by atoms with Crippen LogP contribution in [0.2, 0.25) is 18.1 Å². The monoisotopic (exact) mass is 420 g/mol. The number of benzene rings is 1. The summed E-state index contributed by atoms with van der Waals surface area (Å²) in [5.41, 5.74) is 1.11. The molecule has 1 fully saturated rings. The Balaban J connectivity index is 2.17. The van der Waals surface area contributed by atoms with E-state index in [1.165, 1.54) is 6.92 Å². The van der Waals surface area contributed by atoms with Crippen LogP contribution in [0.1, 0.15) is 58.9 Å². The highest BCUT2D eigenvalue weighted by atomic mass is 28.4. The summed E-state index contributed by atoms with van der Waals surface area (Å²) in [7, 11) is -2.11. The zero-order valence-electron chi connectivity index (χ0n) is 18.7. The summed E-state index contributed by atoms with van der Waals surface area (Å²) in [4.78, 5) is 23.5. The van der Waals surface area contributed by atoms with Crippen molar-refractivity contribution in [2.45, 2.75) is 96.4 Å². The molecular weight excluding hydrogens is 384 g/mol. The van der Waals surface area contributed by atoms with Crippen molar-refractivity contribution in [1.29, 1.82) is 0 Å². The van der Waals surface area contributed by atoms with Gasteiger partial charge in [0.1, 0.15) is 24.4 Å². The Morgan fingerprint density at radius 2 is 1.69 bits per heavy atom. The van der Waals surface area contributed by atoms with E-state index in [1.807, 2.05) is 30.3 Å². The summed E-state index contributed by atoms with van der Waals surface area (Å²) in [5, 5.41) is 0.0301. The predicted molar refractivity (Wildman–Crippen MR) is 116 cm³/mol. The van der Waals surface area contributed by atoms with Crippen molar-refractivity contribution < 1.29 is 23.5 Å². The first-order valence-electron chi connectivity index (χ1n) is 10.5. The van der Waals surface area contributed by atoms with Gasteiger partial charge in [0.15, 0.2) is 8.32 Å². The molecule has 2 rings (SSSR count). The van der Waals surface area contributed by atoms with E-state index >= 15 is 0 Å². The molecule has 0 unspecified atom stereocenters. The van der Waals surface area contributed by atoms with Gasteiger partial charge in [-0.15, -0.1) is 0 Å². The minimum absolute atomic E-state index is 0.0301. The Morgan fingerprint density at radius 1 is 1.07 bits per heavy atom. The quantitative estimate of drug-likeness (QED) is 0.335. The van der Waals surface area contributed by atoms with Gasteiger partial charge in [0.05, 0.1) is 12.7 Å². The lowest BCUT2D eigenvalue weighted by molar-refractivity contribution is -0.168. The highest BCUT2D eigenvalue weighted by Crippen LogP contribution is 2.40. The zero-order valence-corrected chi connectivity index (χ0v) is 19.7. The van der Waals surface area contributed by atoms with E-state index in [9.17, 15) is 9.59 Å². The van der Waals surface area contributed by atoms with Crippen LogP contribution in [-0.4, -0.2) is 38.4 Å². The maximum absolute atomic E-state index is 12.2. The van der Waals surface area contributed by atoms with Crippen LogP contribution >= 0.6 is 0 Å². The van der Waals surface area contributed by atoms with Crippen LogP contribution in [0.3, 0.4) is 0 Å². The van der Waals surface area contributed by atoms with E-state index in [0.29, 0.717) is 6.61 Å². The number of rotatable bonds is 8.